The summed E-state index contributed by atoms with van der Waals surface area (Å²) < 4.78 is 0. The summed E-state index contributed by atoms with van der Waals surface area (Å²) in [6.07, 6.45) is 4.98. The predicted molar refractivity (Wildman–Crippen MR) is 44.8 cm³/mol. The summed E-state index contributed by atoms with van der Waals surface area (Å²) in [7, 11) is 0. The Morgan fingerprint density at radius 2 is 2.50 bits per heavy atom. The van der Waals surface area contributed by atoms with Crippen LogP contribution in [0.3, 0.4) is 0 Å². The highest BCUT2D eigenvalue weighted by Gasteiger charge is 2.10. The van der Waals surface area contributed by atoms with Crippen molar-refractivity contribution in [3.05, 3.63) is 46.8 Å². The summed E-state index contributed by atoms with van der Waals surface area (Å²) in [6, 6.07) is 1.39. The maximum Gasteiger partial charge on any atom is 0.275 e. The molecule has 0 saturated carbocycles. The molecule has 0 fully saturated rings. The van der Waals surface area contributed by atoms with Gasteiger partial charge in [-0.2, -0.15) is 0 Å². The van der Waals surface area contributed by atoms with Crippen LogP contribution in [0.5, 0.6) is 0 Å². The molecule has 0 atom stereocenters. The third-order valence-corrected chi connectivity index (χ3v) is 1.44. The minimum atomic E-state index is -0.416. The number of hydrogen-bond acceptors (Lipinski definition) is 3. The first-order chi connectivity index (χ1) is 5.75. The van der Waals surface area contributed by atoms with Gasteiger partial charge in [0.15, 0.2) is 0 Å². The molecule has 0 radical (unpaired) electrons. The van der Waals surface area contributed by atoms with Crippen molar-refractivity contribution in [3.8, 4) is 0 Å². The normalized spacial score (nSPS) is 9.33. The zero-order valence-corrected chi connectivity index (χ0v) is 6.43. The molecule has 0 aliphatic rings. The van der Waals surface area contributed by atoms with E-state index < -0.39 is 4.92 Å². The number of nitrogens with zero attached hydrogens (tertiary/aromatic N) is 2. The van der Waals surface area contributed by atoms with Crippen LogP contribution in [-0.2, 0) is 6.42 Å². The van der Waals surface area contributed by atoms with Crippen LogP contribution in [0.25, 0.3) is 0 Å². The molecule has 0 unspecified atom stereocenters. The Labute approximate surface area is 69.7 Å². The van der Waals surface area contributed by atoms with E-state index in [1.165, 1.54) is 18.5 Å². The average molecular weight is 164 g/mol. The van der Waals surface area contributed by atoms with E-state index >= 15 is 0 Å². The minimum Gasteiger partial charge on any atom is -0.264 e. The van der Waals surface area contributed by atoms with Crippen LogP contribution in [-0.4, -0.2) is 9.91 Å². The molecule has 1 rings (SSSR count). The lowest BCUT2D eigenvalue weighted by molar-refractivity contribution is -0.385. The van der Waals surface area contributed by atoms with Gasteiger partial charge in [0.25, 0.3) is 5.69 Å². The van der Waals surface area contributed by atoms with Crippen molar-refractivity contribution >= 4 is 5.69 Å². The summed E-state index contributed by atoms with van der Waals surface area (Å²) in [5.74, 6) is 0. The summed E-state index contributed by atoms with van der Waals surface area (Å²) >= 11 is 0. The maximum atomic E-state index is 10.4. The smallest absolute Gasteiger partial charge is 0.264 e. The standard InChI is InChI=1S/C8H8N2O2/c1-2-3-7-6-9-5-4-8(7)10(11)12/h2,4-6H,1,3H2. The van der Waals surface area contributed by atoms with Gasteiger partial charge in [-0.3, -0.25) is 15.1 Å². The number of aromatic nitrogens is 1. The second kappa shape index (κ2) is 3.61. The van der Waals surface area contributed by atoms with Crippen LogP contribution in [0.2, 0.25) is 0 Å². The Balaban J connectivity index is 3.07. The van der Waals surface area contributed by atoms with Gasteiger partial charge in [-0.15, -0.1) is 6.58 Å². The molecule has 0 bridgehead atoms. The molecule has 0 aromatic carbocycles. The van der Waals surface area contributed by atoms with E-state index in [-0.39, 0.29) is 5.69 Å². The van der Waals surface area contributed by atoms with Gasteiger partial charge in [-0.05, 0) is 6.42 Å². The molecule has 62 valence electrons. The van der Waals surface area contributed by atoms with Crippen molar-refractivity contribution < 1.29 is 4.92 Å². The second-order valence-corrected chi connectivity index (χ2v) is 2.25. The maximum absolute atomic E-state index is 10.4. The van der Waals surface area contributed by atoms with E-state index in [4.69, 9.17) is 0 Å². The highest BCUT2D eigenvalue weighted by Crippen LogP contribution is 2.16. The summed E-state index contributed by atoms with van der Waals surface area (Å²) in [5.41, 5.74) is 0.697. The van der Waals surface area contributed by atoms with Crippen LogP contribution >= 0.6 is 0 Å². The molecule has 4 heteroatoms. The van der Waals surface area contributed by atoms with Crippen LogP contribution in [0.1, 0.15) is 5.56 Å². The molecule has 1 aromatic rings. The Kier molecular flexibility index (Phi) is 2.53. The summed E-state index contributed by atoms with van der Waals surface area (Å²) in [5, 5.41) is 10.4. The molecule has 0 saturated heterocycles. The van der Waals surface area contributed by atoms with Crippen molar-refractivity contribution in [2.24, 2.45) is 0 Å². The number of allylic oxidation sites excluding steroid dienone is 1. The molecule has 4 nitrogen and oxygen atoms in total. The number of pyridine rings is 1. The van der Waals surface area contributed by atoms with Crippen molar-refractivity contribution in [1.29, 1.82) is 0 Å². The monoisotopic (exact) mass is 164 g/mol. The lowest BCUT2D eigenvalue weighted by atomic mass is 10.2. The molecule has 1 aromatic heterocycles. The lowest BCUT2D eigenvalue weighted by Crippen LogP contribution is -1.94. The first-order valence-electron chi connectivity index (χ1n) is 3.44. The molecule has 0 aliphatic carbocycles. The molecule has 0 amide bonds. The lowest BCUT2D eigenvalue weighted by Gasteiger charge is -1.96. The van der Waals surface area contributed by atoms with E-state index in [2.05, 4.69) is 11.6 Å². The van der Waals surface area contributed by atoms with Crippen LogP contribution in [0.15, 0.2) is 31.1 Å². The minimum absolute atomic E-state index is 0.102. The van der Waals surface area contributed by atoms with Crippen LogP contribution in [0.4, 0.5) is 5.69 Å². The first-order valence-corrected chi connectivity index (χ1v) is 3.44. The fourth-order valence-electron chi connectivity index (χ4n) is 0.911. The topological polar surface area (TPSA) is 56.0 Å². The second-order valence-electron chi connectivity index (χ2n) is 2.25. The SMILES string of the molecule is C=CCc1cnccc1[N+](=O)[O-]. The summed E-state index contributed by atoms with van der Waals surface area (Å²) in [4.78, 5) is 13.8. The molecule has 0 N–H and O–H groups in total. The van der Waals surface area contributed by atoms with E-state index in [1.807, 2.05) is 0 Å². The molecular formula is C8H8N2O2. The quantitative estimate of drug-likeness (QED) is 0.388. The predicted octanol–water partition coefficient (Wildman–Crippen LogP) is 1.72. The van der Waals surface area contributed by atoms with Crippen LogP contribution < -0.4 is 0 Å². The number of nitro groups is 1. The van der Waals surface area contributed by atoms with Gasteiger partial charge >= 0.3 is 0 Å². The Hall–Kier alpha value is -1.71. The Morgan fingerprint density at radius 3 is 3.08 bits per heavy atom. The zero-order valence-electron chi connectivity index (χ0n) is 6.43. The average Bonchev–Trinajstić information content (AvgIpc) is 2.05. The highest BCUT2D eigenvalue weighted by atomic mass is 16.6. The number of hydrogen-bond donors (Lipinski definition) is 0. The van der Waals surface area contributed by atoms with Gasteiger partial charge in [0.2, 0.25) is 0 Å². The fourth-order valence-corrected chi connectivity index (χ4v) is 0.911. The Bertz CT molecular complexity index is 310. The molecule has 0 spiro atoms. The third kappa shape index (κ3) is 1.66. The highest BCUT2D eigenvalue weighted by molar-refractivity contribution is 5.38. The molecular weight excluding hydrogens is 156 g/mol. The molecule has 1 heterocycles. The van der Waals surface area contributed by atoms with Gasteiger partial charge in [0, 0.05) is 18.5 Å². The van der Waals surface area contributed by atoms with Crippen LogP contribution in [0, 0.1) is 10.1 Å². The largest absolute Gasteiger partial charge is 0.275 e. The fraction of sp³-hybridized carbons (Fsp3) is 0.125. The van der Waals surface area contributed by atoms with E-state index in [1.54, 1.807) is 6.08 Å². The van der Waals surface area contributed by atoms with Gasteiger partial charge in [-0.1, -0.05) is 6.08 Å². The van der Waals surface area contributed by atoms with Crippen molar-refractivity contribution in [3.63, 3.8) is 0 Å². The van der Waals surface area contributed by atoms with Crippen molar-refractivity contribution in [2.75, 3.05) is 0 Å². The van der Waals surface area contributed by atoms with Gasteiger partial charge in [0.05, 0.1) is 10.5 Å². The van der Waals surface area contributed by atoms with Crippen molar-refractivity contribution in [2.45, 2.75) is 6.42 Å². The van der Waals surface area contributed by atoms with Gasteiger partial charge in [-0.25, -0.2) is 0 Å². The van der Waals surface area contributed by atoms with Gasteiger partial charge < -0.3 is 0 Å². The van der Waals surface area contributed by atoms with Crippen molar-refractivity contribution in [1.82, 2.24) is 4.98 Å². The first kappa shape index (κ1) is 8.39. The van der Waals surface area contributed by atoms with Gasteiger partial charge in [0.1, 0.15) is 0 Å². The Morgan fingerprint density at radius 1 is 1.75 bits per heavy atom. The third-order valence-electron chi connectivity index (χ3n) is 1.44. The van der Waals surface area contributed by atoms with E-state index in [0.29, 0.717) is 12.0 Å². The zero-order chi connectivity index (χ0) is 8.97. The number of rotatable bonds is 3. The summed E-state index contributed by atoms with van der Waals surface area (Å²) in [6.45, 7) is 3.51. The molecule has 0 aliphatic heterocycles. The van der Waals surface area contributed by atoms with E-state index in [9.17, 15) is 10.1 Å². The van der Waals surface area contributed by atoms with E-state index in [0.717, 1.165) is 0 Å². The molecule has 12 heavy (non-hydrogen) atoms.